The summed E-state index contributed by atoms with van der Waals surface area (Å²) in [5.74, 6) is -0.551. The molecule has 11 heteroatoms. The van der Waals surface area contributed by atoms with Crippen LogP contribution in [0, 0.1) is 17.0 Å². The molecule has 0 N–H and O–H groups in total. The van der Waals surface area contributed by atoms with E-state index in [4.69, 9.17) is 27.9 Å². The Morgan fingerprint density at radius 1 is 1.23 bits per heavy atom. The largest absolute Gasteiger partial charge is 0.463 e. The first-order chi connectivity index (χ1) is 16.6. The van der Waals surface area contributed by atoms with Crippen LogP contribution in [-0.4, -0.2) is 22.1 Å². The maximum Gasteiger partial charge on any atom is 0.338 e. The number of fused-ring (bicyclic) bond motifs is 1. The highest BCUT2D eigenvalue weighted by Gasteiger charge is 2.33. The highest BCUT2D eigenvalue weighted by Crippen LogP contribution is 2.32. The number of hydrogen-bond acceptors (Lipinski definition) is 7. The number of carbonyl (C=O) groups excluding carboxylic acids is 1. The van der Waals surface area contributed by atoms with Gasteiger partial charge in [0.1, 0.15) is 5.02 Å². The van der Waals surface area contributed by atoms with Crippen LogP contribution < -0.4 is 14.9 Å². The Bertz CT molecular complexity index is 1570. The van der Waals surface area contributed by atoms with E-state index < -0.39 is 22.5 Å². The maximum absolute atomic E-state index is 13.6. The van der Waals surface area contributed by atoms with Crippen LogP contribution in [0.1, 0.15) is 36.6 Å². The van der Waals surface area contributed by atoms with E-state index in [2.05, 4.69) is 4.99 Å². The van der Waals surface area contributed by atoms with E-state index in [0.29, 0.717) is 10.5 Å². The lowest BCUT2D eigenvalue weighted by atomic mass is 9.95. The predicted molar refractivity (Wildman–Crippen MR) is 135 cm³/mol. The molecule has 0 bridgehead atoms. The second-order valence-corrected chi connectivity index (χ2v) is 9.62. The molecule has 0 radical (unpaired) electrons. The van der Waals surface area contributed by atoms with Crippen molar-refractivity contribution in [3.8, 4) is 0 Å². The minimum absolute atomic E-state index is 0.104. The van der Waals surface area contributed by atoms with Gasteiger partial charge < -0.3 is 4.74 Å². The number of ether oxygens (including phenoxy) is 1. The van der Waals surface area contributed by atoms with E-state index in [1.807, 2.05) is 31.2 Å². The fourth-order valence-electron chi connectivity index (χ4n) is 3.80. The lowest BCUT2D eigenvalue weighted by Gasteiger charge is -2.24. The molecule has 0 aliphatic carbocycles. The zero-order chi connectivity index (χ0) is 25.4. The van der Waals surface area contributed by atoms with Crippen molar-refractivity contribution >= 4 is 52.3 Å². The lowest BCUT2D eigenvalue weighted by molar-refractivity contribution is -0.384. The summed E-state index contributed by atoms with van der Waals surface area (Å²) in [7, 11) is 0. The summed E-state index contributed by atoms with van der Waals surface area (Å²) in [4.78, 5) is 42.1. The third-order valence-corrected chi connectivity index (χ3v) is 7.07. The first kappa shape index (κ1) is 24.8. The van der Waals surface area contributed by atoms with Crippen molar-refractivity contribution in [2.45, 2.75) is 26.8 Å². The van der Waals surface area contributed by atoms with Gasteiger partial charge in [0.25, 0.3) is 11.2 Å². The van der Waals surface area contributed by atoms with Gasteiger partial charge in [-0.3, -0.25) is 19.5 Å². The molecule has 180 valence electrons. The average molecular weight is 532 g/mol. The summed E-state index contributed by atoms with van der Waals surface area (Å²) >= 11 is 13.3. The van der Waals surface area contributed by atoms with Gasteiger partial charge in [0.2, 0.25) is 0 Å². The van der Waals surface area contributed by atoms with E-state index in [1.165, 1.54) is 22.8 Å². The van der Waals surface area contributed by atoms with E-state index in [-0.39, 0.29) is 38.0 Å². The molecule has 8 nitrogen and oxygen atoms in total. The van der Waals surface area contributed by atoms with Crippen LogP contribution in [-0.2, 0) is 9.53 Å². The van der Waals surface area contributed by atoms with Gasteiger partial charge >= 0.3 is 5.97 Å². The lowest BCUT2D eigenvalue weighted by Crippen LogP contribution is -2.39. The molecule has 1 atom stereocenters. The van der Waals surface area contributed by atoms with Gasteiger partial charge in [0.05, 0.1) is 33.4 Å². The first-order valence-electron chi connectivity index (χ1n) is 10.5. The number of nitro groups is 1. The average Bonchev–Trinajstić information content (AvgIpc) is 3.09. The Labute approximate surface area is 213 Å². The number of nitro benzene ring substituents is 1. The van der Waals surface area contributed by atoms with E-state index >= 15 is 0 Å². The molecule has 2 heterocycles. The summed E-state index contributed by atoms with van der Waals surface area (Å²) in [5, 5.41) is 11.4. The molecule has 35 heavy (non-hydrogen) atoms. The molecule has 1 aliphatic heterocycles. The maximum atomic E-state index is 13.6. The Kier molecular flexibility index (Phi) is 6.93. The van der Waals surface area contributed by atoms with Crippen LogP contribution >= 0.6 is 34.5 Å². The highest BCUT2D eigenvalue weighted by atomic mass is 35.5. The number of aryl methyl sites for hydroxylation is 1. The summed E-state index contributed by atoms with van der Waals surface area (Å²) in [6, 6.07) is 9.25. The number of benzene rings is 2. The Morgan fingerprint density at radius 3 is 2.54 bits per heavy atom. The fourth-order valence-corrected chi connectivity index (χ4v) is 5.35. The van der Waals surface area contributed by atoms with Gasteiger partial charge in [-0.2, -0.15) is 0 Å². The monoisotopic (exact) mass is 531 g/mol. The van der Waals surface area contributed by atoms with Gasteiger partial charge in [-0.1, -0.05) is 64.4 Å². The van der Waals surface area contributed by atoms with E-state index in [9.17, 15) is 19.7 Å². The van der Waals surface area contributed by atoms with Gasteiger partial charge in [0, 0.05) is 16.7 Å². The van der Waals surface area contributed by atoms with Crippen molar-refractivity contribution in [1.29, 1.82) is 0 Å². The van der Waals surface area contributed by atoms with Gasteiger partial charge in [-0.05, 0) is 38.5 Å². The SMILES string of the molecule is CCOC(=O)C1=C(C)N=c2s/c(=C/c3cc([N+](=O)[O-])c(Cl)cc3Cl)c(=O)n2[C@@H]1c1ccc(C)cc1. The quantitative estimate of drug-likeness (QED) is 0.277. The van der Waals surface area contributed by atoms with Crippen LogP contribution in [0.15, 0.2) is 57.5 Å². The summed E-state index contributed by atoms with van der Waals surface area (Å²) in [5.41, 5.74) is 1.99. The number of allylic oxidation sites excluding steroid dienone is 1. The number of thiazole rings is 1. The topological polar surface area (TPSA) is 104 Å². The minimum atomic E-state index is -0.747. The molecule has 1 aromatic heterocycles. The second kappa shape index (κ2) is 9.77. The number of esters is 1. The van der Waals surface area contributed by atoms with Crippen LogP contribution in [0.5, 0.6) is 0 Å². The third kappa shape index (κ3) is 4.67. The van der Waals surface area contributed by atoms with Gasteiger partial charge in [-0.15, -0.1) is 0 Å². The third-order valence-electron chi connectivity index (χ3n) is 5.46. The van der Waals surface area contributed by atoms with Crippen molar-refractivity contribution < 1.29 is 14.5 Å². The number of carbonyl (C=O) groups is 1. The minimum Gasteiger partial charge on any atom is -0.463 e. The van der Waals surface area contributed by atoms with Crippen molar-refractivity contribution in [2.24, 2.45) is 4.99 Å². The second-order valence-electron chi connectivity index (χ2n) is 7.80. The number of hydrogen-bond donors (Lipinski definition) is 0. The first-order valence-corrected chi connectivity index (χ1v) is 12.1. The molecule has 3 aromatic rings. The van der Waals surface area contributed by atoms with Crippen LogP contribution in [0.3, 0.4) is 0 Å². The zero-order valence-electron chi connectivity index (χ0n) is 18.9. The summed E-state index contributed by atoms with van der Waals surface area (Å²) < 4.78 is 6.97. The van der Waals surface area contributed by atoms with E-state index in [1.54, 1.807) is 13.8 Å². The normalized spacial score (nSPS) is 15.6. The highest BCUT2D eigenvalue weighted by molar-refractivity contribution is 7.07. The number of nitrogens with zero attached hydrogens (tertiary/aromatic N) is 3. The van der Waals surface area contributed by atoms with Crippen molar-refractivity contribution in [3.63, 3.8) is 0 Å². The number of rotatable bonds is 5. The molecule has 0 amide bonds. The summed E-state index contributed by atoms with van der Waals surface area (Å²) in [6.07, 6.45) is 1.46. The number of halogens is 2. The molecular weight excluding hydrogens is 513 g/mol. The number of aromatic nitrogens is 1. The molecule has 0 saturated heterocycles. The summed E-state index contributed by atoms with van der Waals surface area (Å²) in [6.45, 7) is 5.52. The molecule has 1 aliphatic rings. The Hall–Kier alpha value is -3.27. The van der Waals surface area contributed by atoms with Crippen LogP contribution in [0.2, 0.25) is 10.0 Å². The molecule has 2 aromatic carbocycles. The molecule has 0 spiro atoms. The molecular formula is C24H19Cl2N3O5S. The van der Waals surface area contributed by atoms with Crippen LogP contribution in [0.25, 0.3) is 6.08 Å². The molecule has 4 rings (SSSR count). The van der Waals surface area contributed by atoms with Gasteiger partial charge in [-0.25, -0.2) is 9.79 Å². The van der Waals surface area contributed by atoms with Crippen molar-refractivity contribution in [1.82, 2.24) is 4.57 Å². The molecule has 0 fully saturated rings. The Balaban J connectivity index is 1.97. The predicted octanol–water partition coefficient (Wildman–Crippen LogP) is 4.32. The molecule has 0 unspecified atom stereocenters. The van der Waals surface area contributed by atoms with Crippen molar-refractivity contribution in [2.75, 3.05) is 6.61 Å². The van der Waals surface area contributed by atoms with E-state index in [0.717, 1.165) is 22.5 Å². The van der Waals surface area contributed by atoms with Crippen molar-refractivity contribution in [3.05, 3.63) is 104 Å². The Morgan fingerprint density at radius 2 is 1.91 bits per heavy atom. The molecule has 0 saturated carbocycles. The van der Waals surface area contributed by atoms with Gasteiger partial charge in [0.15, 0.2) is 4.80 Å². The fraction of sp³-hybridized carbons (Fsp3) is 0.208. The zero-order valence-corrected chi connectivity index (χ0v) is 21.2. The standard InChI is InChI=1S/C24H19Cl2N3O5S/c1-4-34-23(31)20-13(3)27-24-28(21(20)14-7-5-12(2)6-8-14)22(30)19(35-24)10-15-9-18(29(32)33)17(26)11-16(15)25/h5-11,21H,4H2,1-3H3/b19-10+/t21-/m1/s1. The van der Waals surface area contributed by atoms with Crippen LogP contribution in [0.4, 0.5) is 5.69 Å². The smallest absolute Gasteiger partial charge is 0.338 e.